The van der Waals surface area contributed by atoms with E-state index >= 15 is 0 Å². The van der Waals surface area contributed by atoms with Gasteiger partial charge in [0.15, 0.2) is 11.6 Å². The third kappa shape index (κ3) is 9.85. The van der Waals surface area contributed by atoms with Crippen LogP contribution in [0, 0.1) is 41.4 Å². The van der Waals surface area contributed by atoms with Crippen molar-refractivity contribution in [3.8, 4) is 0 Å². The SMILES string of the molecule is CCC(C(=O)[C@@H](C)[C@@H](O)[C@H](C)[C@@H]1O[C@@H](C(CC)C(=O)O)CC[C@@H]1C)[C@H]1O[C@]2(C=CC(NC(=O)c3ccc(CCl)cc3)[C@]3(CC[C@@](C)([C@H]4CC[C@](O)(CC)[C@H](C)O4)O3)O2)[C@H](C)C[C@@H]1C. The van der Waals surface area contributed by atoms with Crippen molar-refractivity contribution in [1.82, 2.24) is 5.32 Å². The Bertz CT molecular complexity index is 1790. The van der Waals surface area contributed by atoms with Crippen LogP contribution in [0.3, 0.4) is 0 Å². The predicted octanol–water partition coefficient (Wildman–Crippen LogP) is 8.36. The molecule has 3 unspecified atom stereocenters. The lowest BCUT2D eigenvalue weighted by Gasteiger charge is -2.55. The lowest BCUT2D eigenvalue weighted by Crippen LogP contribution is -2.65. The standard InChI is InChI=1S/C50H76ClNO11/c1-11-36(46(56)57)38-19-14-28(4)43(60-38)32(8)41(53)31(7)42(54)37(12-2)44-29(5)26-30(6)49(61-44)23-20-39(52-45(55)35-17-15-34(27-51)16-18-35)50(63-49)25-24-47(10,62-50)40-21-22-48(58,13-3)33(9)59-40/h15-18,20,23,28-33,36-41,43-44,53,58H,11-14,19,21-22,24-27H2,1-10H3,(H,52,55)(H,56,57)/t28-,29-,30+,31-,32-,33-,36?,37?,38+,39?,40+,41+,43+,44-,47-,48+,49-,50-/m0/s1. The summed E-state index contributed by atoms with van der Waals surface area (Å²) in [5.41, 5.74) is -0.371. The average molecular weight is 903 g/mol. The third-order valence-corrected chi connectivity index (χ3v) is 16.4. The second kappa shape index (κ2) is 19.8. The van der Waals surface area contributed by atoms with Gasteiger partial charge in [-0.1, -0.05) is 73.6 Å². The number of amides is 1. The van der Waals surface area contributed by atoms with Crippen LogP contribution in [0.1, 0.15) is 149 Å². The zero-order valence-corrected chi connectivity index (χ0v) is 40.1. The number of carboxylic acid groups (broad SMARTS) is 1. The molecule has 5 aliphatic rings. The van der Waals surface area contributed by atoms with Crippen LogP contribution in [-0.2, 0) is 39.2 Å². The molecule has 0 aromatic heterocycles. The summed E-state index contributed by atoms with van der Waals surface area (Å²) in [6.45, 7) is 19.6. The summed E-state index contributed by atoms with van der Waals surface area (Å²) < 4.78 is 34.7. The number of carbonyl (C=O) groups is 3. The largest absolute Gasteiger partial charge is 0.481 e. The highest BCUT2D eigenvalue weighted by Crippen LogP contribution is 2.54. The normalized spacial score (nSPS) is 40.6. The van der Waals surface area contributed by atoms with E-state index in [9.17, 15) is 29.7 Å². The van der Waals surface area contributed by atoms with Crippen LogP contribution in [-0.4, -0.2) is 98.4 Å². The van der Waals surface area contributed by atoms with Gasteiger partial charge in [0.2, 0.25) is 0 Å². The molecule has 354 valence electrons. The number of rotatable bonds is 15. The highest BCUT2D eigenvalue weighted by Gasteiger charge is 2.63. The van der Waals surface area contributed by atoms with Gasteiger partial charge in [0.1, 0.15) is 11.8 Å². The molecule has 0 saturated carbocycles. The highest BCUT2D eigenvalue weighted by atomic mass is 35.5. The number of hydrogen-bond donors (Lipinski definition) is 4. The molecule has 1 aromatic rings. The number of carbonyl (C=O) groups excluding carboxylic acids is 2. The number of alkyl halides is 1. The molecule has 13 heteroatoms. The number of hydrogen-bond acceptors (Lipinski definition) is 10. The zero-order valence-electron chi connectivity index (χ0n) is 39.3. The van der Waals surface area contributed by atoms with Crippen LogP contribution >= 0.6 is 11.6 Å². The van der Waals surface area contributed by atoms with Crippen LogP contribution in [0.5, 0.6) is 0 Å². The smallest absolute Gasteiger partial charge is 0.309 e. The Morgan fingerprint density at radius 1 is 0.889 bits per heavy atom. The van der Waals surface area contributed by atoms with E-state index in [4.69, 9.17) is 35.3 Å². The van der Waals surface area contributed by atoms with Crippen LogP contribution in [0.4, 0.5) is 0 Å². The maximum atomic E-state index is 14.7. The quantitative estimate of drug-likeness (QED) is 0.0986. The lowest BCUT2D eigenvalue weighted by atomic mass is 9.72. The van der Waals surface area contributed by atoms with E-state index in [2.05, 4.69) is 26.1 Å². The fourth-order valence-corrected chi connectivity index (χ4v) is 11.8. The van der Waals surface area contributed by atoms with Crippen molar-refractivity contribution in [2.45, 2.75) is 205 Å². The van der Waals surface area contributed by atoms with Crippen molar-refractivity contribution in [3.63, 3.8) is 0 Å². The maximum Gasteiger partial charge on any atom is 0.309 e. The van der Waals surface area contributed by atoms with Crippen molar-refractivity contribution in [2.75, 3.05) is 0 Å². The van der Waals surface area contributed by atoms with Crippen molar-refractivity contribution in [2.24, 2.45) is 41.4 Å². The molecular formula is C50H76ClNO11. The third-order valence-electron chi connectivity index (χ3n) is 16.1. The van der Waals surface area contributed by atoms with E-state index in [1.807, 2.05) is 65.8 Å². The summed E-state index contributed by atoms with van der Waals surface area (Å²) in [6.07, 6.45) is 6.39. The Morgan fingerprint density at radius 2 is 1.57 bits per heavy atom. The van der Waals surface area contributed by atoms with E-state index in [1.165, 1.54) is 0 Å². The molecule has 6 rings (SSSR count). The molecule has 4 N–H and O–H groups in total. The first-order valence-electron chi connectivity index (χ1n) is 23.9. The molecule has 2 spiro atoms. The van der Waals surface area contributed by atoms with Crippen LogP contribution in [0.25, 0.3) is 0 Å². The molecular weight excluding hydrogens is 826 g/mol. The number of nitrogens with one attached hydrogen (secondary N) is 1. The van der Waals surface area contributed by atoms with Crippen LogP contribution < -0.4 is 5.32 Å². The van der Waals surface area contributed by atoms with Gasteiger partial charge in [-0.3, -0.25) is 14.4 Å². The molecule has 0 aliphatic carbocycles. The Hall–Kier alpha value is -2.42. The second-order valence-electron chi connectivity index (χ2n) is 20.3. The first kappa shape index (κ1) is 50.0. The van der Waals surface area contributed by atoms with Crippen LogP contribution in [0.15, 0.2) is 36.4 Å². The molecule has 5 heterocycles. The van der Waals surface area contributed by atoms with E-state index in [-0.39, 0.29) is 35.5 Å². The Kier molecular flexibility index (Phi) is 15.7. The number of aliphatic hydroxyl groups excluding tert-OH is 1. The fraction of sp³-hybridized carbons (Fsp3) is 0.780. The second-order valence-corrected chi connectivity index (χ2v) is 20.5. The van der Waals surface area contributed by atoms with Crippen molar-refractivity contribution in [3.05, 3.63) is 47.5 Å². The molecule has 0 radical (unpaired) electrons. The van der Waals surface area contributed by atoms with Gasteiger partial charge < -0.3 is 44.3 Å². The van der Waals surface area contributed by atoms with Gasteiger partial charge in [-0.25, -0.2) is 0 Å². The molecule has 0 bridgehead atoms. The van der Waals surface area contributed by atoms with Crippen LogP contribution in [0.2, 0.25) is 0 Å². The summed E-state index contributed by atoms with van der Waals surface area (Å²) in [5.74, 6) is -6.08. The number of halogens is 1. The molecule has 1 aromatic carbocycles. The molecule has 1 amide bonds. The molecule has 63 heavy (non-hydrogen) atoms. The molecule has 4 fully saturated rings. The molecule has 5 aliphatic heterocycles. The zero-order chi connectivity index (χ0) is 46.2. The van der Waals surface area contributed by atoms with E-state index < -0.39 is 89.0 Å². The predicted molar refractivity (Wildman–Crippen MR) is 240 cm³/mol. The minimum absolute atomic E-state index is 0.0312. The highest BCUT2D eigenvalue weighted by molar-refractivity contribution is 6.17. The summed E-state index contributed by atoms with van der Waals surface area (Å²) in [6, 6.07) is 6.45. The van der Waals surface area contributed by atoms with Gasteiger partial charge in [0.05, 0.1) is 53.7 Å². The summed E-state index contributed by atoms with van der Waals surface area (Å²) >= 11 is 6.04. The number of aliphatic carboxylic acids is 1. The maximum absolute atomic E-state index is 14.7. The van der Waals surface area contributed by atoms with Gasteiger partial charge >= 0.3 is 5.97 Å². The van der Waals surface area contributed by atoms with E-state index in [0.29, 0.717) is 69.2 Å². The van der Waals surface area contributed by atoms with Gasteiger partial charge in [0.25, 0.3) is 5.91 Å². The first-order chi connectivity index (χ1) is 29.7. The average Bonchev–Trinajstić information content (AvgIpc) is 3.61. The number of Topliss-reactive ketones (excluding diaryl/α,β-unsaturated/α-hetero) is 1. The van der Waals surface area contributed by atoms with Gasteiger partial charge in [-0.2, -0.15) is 0 Å². The fourth-order valence-electron chi connectivity index (χ4n) is 11.6. The van der Waals surface area contributed by atoms with Gasteiger partial charge in [0, 0.05) is 41.5 Å². The Morgan fingerprint density at radius 3 is 2.17 bits per heavy atom. The van der Waals surface area contributed by atoms with Gasteiger partial charge in [-0.05, 0) is 107 Å². The van der Waals surface area contributed by atoms with Crippen molar-refractivity contribution >= 4 is 29.3 Å². The van der Waals surface area contributed by atoms with Gasteiger partial charge in [-0.15, -0.1) is 11.6 Å². The summed E-state index contributed by atoms with van der Waals surface area (Å²) in [5, 5.41) is 36.2. The topological polar surface area (TPSA) is 170 Å². The molecule has 4 saturated heterocycles. The number of ether oxygens (including phenoxy) is 5. The number of aliphatic hydroxyl groups is 2. The van der Waals surface area contributed by atoms with E-state index in [1.54, 1.807) is 19.1 Å². The minimum Gasteiger partial charge on any atom is -0.481 e. The number of carboxylic acids is 1. The summed E-state index contributed by atoms with van der Waals surface area (Å²) in [4.78, 5) is 40.7. The molecule has 18 atom stereocenters. The van der Waals surface area contributed by atoms with Crippen molar-refractivity contribution in [1.29, 1.82) is 0 Å². The summed E-state index contributed by atoms with van der Waals surface area (Å²) in [7, 11) is 0. The minimum atomic E-state index is -1.36. The van der Waals surface area contributed by atoms with Crippen molar-refractivity contribution < 1.29 is 53.4 Å². The monoisotopic (exact) mass is 902 g/mol. The molecule has 12 nitrogen and oxygen atoms in total. The lowest BCUT2D eigenvalue weighted by molar-refractivity contribution is -0.397. The Labute approximate surface area is 380 Å². The first-order valence-corrected chi connectivity index (χ1v) is 24.4. The number of benzene rings is 1. The van der Waals surface area contributed by atoms with E-state index in [0.717, 1.165) is 12.0 Å². The number of ketones is 1. The Balaban J connectivity index is 1.26.